The van der Waals surface area contributed by atoms with Gasteiger partial charge < -0.3 is 15.5 Å². The van der Waals surface area contributed by atoms with Crippen LogP contribution in [0.15, 0.2) is 24.4 Å². The van der Waals surface area contributed by atoms with Gasteiger partial charge in [-0.2, -0.15) is 0 Å². The Balaban J connectivity index is 1.95. The zero-order chi connectivity index (χ0) is 14.7. The molecule has 0 saturated heterocycles. The summed E-state index contributed by atoms with van der Waals surface area (Å²) in [5.74, 6) is 2.10. The van der Waals surface area contributed by atoms with Crippen LogP contribution >= 0.6 is 0 Å². The predicted octanol–water partition coefficient (Wildman–Crippen LogP) is 4.19. The van der Waals surface area contributed by atoms with Crippen molar-refractivity contribution in [3.05, 3.63) is 30.0 Å². The van der Waals surface area contributed by atoms with Gasteiger partial charge in [-0.1, -0.05) is 25.7 Å². The Labute approximate surface area is 126 Å². The lowest BCUT2D eigenvalue weighted by atomic mass is 9.81. The molecular weight excluding hydrogens is 260 g/mol. The maximum atomic E-state index is 6.16. The molecule has 0 bridgehead atoms. The summed E-state index contributed by atoms with van der Waals surface area (Å²) >= 11 is 0. The van der Waals surface area contributed by atoms with Crippen LogP contribution in [-0.4, -0.2) is 18.6 Å². The molecule has 1 atom stereocenters. The van der Waals surface area contributed by atoms with Crippen molar-refractivity contribution in [3.63, 3.8) is 0 Å². The third-order valence-corrected chi connectivity index (χ3v) is 5.04. The molecule has 1 unspecified atom stereocenters. The molecular formula is C18H26N2O. The van der Waals surface area contributed by atoms with Gasteiger partial charge in [0.2, 0.25) is 0 Å². The third-order valence-electron chi connectivity index (χ3n) is 5.04. The monoisotopic (exact) mass is 286 g/mol. The third kappa shape index (κ3) is 2.93. The molecule has 3 nitrogen and oxygen atoms in total. The molecule has 1 aliphatic rings. The van der Waals surface area contributed by atoms with Crippen LogP contribution in [0.2, 0.25) is 0 Å². The molecule has 0 radical (unpaired) electrons. The Morgan fingerprint density at radius 3 is 2.67 bits per heavy atom. The first-order chi connectivity index (χ1) is 10.3. The van der Waals surface area contributed by atoms with E-state index in [1.165, 1.54) is 55.0 Å². The molecule has 3 heteroatoms. The largest absolute Gasteiger partial charge is 0.497 e. The number of aromatic amines is 1. The van der Waals surface area contributed by atoms with Gasteiger partial charge in [-0.15, -0.1) is 0 Å². The number of aromatic nitrogens is 1. The fraction of sp³-hybridized carbons (Fsp3) is 0.556. The van der Waals surface area contributed by atoms with E-state index in [9.17, 15) is 0 Å². The summed E-state index contributed by atoms with van der Waals surface area (Å²) in [5.41, 5.74) is 8.71. The topological polar surface area (TPSA) is 51.0 Å². The number of fused-ring (bicyclic) bond motifs is 1. The number of ether oxygens (including phenoxy) is 1. The van der Waals surface area contributed by atoms with Crippen molar-refractivity contribution < 1.29 is 4.74 Å². The van der Waals surface area contributed by atoms with E-state index in [2.05, 4.69) is 23.3 Å². The summed E-state index contributed by atoms with van der Waals surface area (Å²) in [6, 6.07) is 6.24. The Morgan fingerprint density at radius 1 is 1.24 bits per heavy atom. The minimum Gasteiger partial charge on any atom is -0.497 e. The highest BCUT2D eigenvalue weighted by Gasteiger charge is 2.25. The summed E-state index contributed by atoms with van der Waals surface area (Å²) in [6.07, 6.45) is 10.3. The maximum absolute atomic E-state index is 6.16. The van der Waals surface area contributed by atoms with E-state index >= 15 is 0 Å². The van der Waals surface area contributed by atoms with Gasteiger partial charge in [-0.05, 0) is 49.1 Å². The molecule has 0 spiro atoms. The number of methoxy groups -OCH3 is 1. The first-order valence-electron chi connectivity index (χ1n) is 8.18. The summed E-state index contributed by atoms with van der Waals surface area (Å²) in [6.45, 7) is 0.731. The molecule has 3 rings (SSSR count). The predicted molar refractivity (Wildman–Crippen MR) is 87.8 cm³/mol. The lowest BCUT2D eigenvalue weighted by Gasteiger charge is -2.24. The molecule has 1 fully saturated rings. The fourth-order valence-electron chi connectivity index (χ4n) is 3.84. The fourth-order valence-corrected chi connectivity index (χ4v) is 3.84. The molecule has 114 valence electrons. The van der Waals surface area contributed by atoms with Crippen LogP contribution < -0.4 is 10.5 Å². The number of hydrogen-bond donors (Lipinski definition) is 2. The van der Waals surface area contributed by atoms with Gasteiger partial charge >= 0.3 is 0 Å². The number of nitrogens with one attached hydrogen (secondary N) is 1. The Morgan fingerprint density at radius 2 is 2.00 bits per heavy atom. The zero-order valence-electron chi connectivity index (χ0n) is 12.9. The Bertz CT molecular complexity index is 582. The minimum atomic E-state index is 0.462. The average molecular weight is 286 g/mol. The van der Waals surface area contributed by atoms with Gasteiger partial charge in [0.25, 0.3) is 0 Å². The average Bonchev–Trinajstić information content (AvgIpc) is 2.74. The quantitative estimate of drug-likeness (QED) is 0.828. The number of nitrogens with two attached hydrogens (primary N) is 1. The van der Waals surface area contributed by atoms with Crippen LogP contribution in [0.1, 0.15) is 50.0 Å². The van der Waals surface area contributed by atoms with Gasteiger partial charge in [0, 0.05) is 23.0 Å². The Kier molecular flexibility index (Phi) is 4.49. The van der Waals surface area contributed by atoms with Gasteiger partial charge in [0.1, 0.15) is 5.75 Å². The number of benzene rings is 1. The lowest BCUT2D eigenvalue weighted by molar-refractivity contribution is 0.381. The first kappa shape index (κ1) is 14.5. The highest BCUT2D eigenvalue weighted by Crippen LogP contribution is 2.38. The van der Waals surface area contributed by atoms with Gasteiger partial charge in [0.05, 0.1) is 7.11 Å². The van der Waals surface area contributed by atoms with Crippen molar-refractivity contribution in [2.75, 3.05) is 13.7 Å². The van der Waals surface area contributed by atoms with Gasteiger partial charge in [-0.25, -0.2) is 0 Å². The number of H-pyrrole nitrogens is 1. The van der Waals surface area contributed by atoms with Crippen LogP contribution in [-0.2, 0) is 0 Å². The van der Waals surface area contributed by atoms with E-state index in [-0.39, 0.29) is 0 Å². The van der Waals surface area contributed by atoms with E-state index < -0.39 is 0 Å². The second kappa shape index (κ2) is 6.52. The van der Waals surface area contributed by atoms with E-state index in [1.807, 2.05) is 6.07 Å². The molecule has 1 saturated carbocycles. The maximum Gasteiger partial charge on any atom is 0.119 e. The molecule has 3 N–H and O–H groups in total. The van der Waals surface area contributed by atoms with E-state index in [0.717, 1.165) is 18.2 Å². The second-order valence-electron chi connectivity index (χ2n) is 6.25. The van der Waals surface area contributed by atoms with E-state index in [0.29, 0.717) is 5.92 Å². The summed E-state index contributed by atoms with van der Waals surface area (Å²) in [4.78, 5) is 3.40. The molecule has 21 heavy (non-hydrogen) atoms. The van der Waals surface area contributed by atoms with Crippen molar-refractivity contribution in [1.29, 1.82) is 0 Å². The normalized spacial score (nSPS) is 18.6. The molecule has 1 aliphatic carbocycles. The second-order valence-corrected chi connectivity index (χ2v) is 6.25. The first-order valence-corrected chi connectivity index (χ1v) is 8.18. The van der Waals surface area contributed by atoms with Crippen molar-refractivity contribution in [1.82, 2.24) is 4.98 Å². The number of rotatable bonds is 4. The molecule has 0 aliphatic heterocycles. The van der Waals surface area contributed by atoms with E-state index in [4.69, 9.17) is 10.5 Å². The van der Waals surface area contributed by atoms with Crippen molar-refractivity contribution in [3.8, 4) is 5.75 Å². The van der Waals surface area contributed by atoms with Crippen molar-refractivity contribution in [2.24, 2.45) is 11.7 Å². The van der Waals surface area contributed by atoms with Crippen LogP contribution in [0.5, 0.6) is 5.75 Å². The summed E-state index contributed by atoms with van der Waals surface area (Å²) in [5, 5.41) is 1.27. The zero-order valence-corrected chi connectivity index (χ0v) is 12.9. The summed E-state index contributed by atoms with van der Waals surface area (Å²) < 4.78 is 5.38. The van der Waals surface area contributed by atoms with E-state index in [1.54, 1.807) is 7.11 Å². The van der Waals surface area contributed by atoms with Crippen LogP contribution in [0, 0.1) is 5.92 Å². The molecule has 1 aromatic heterocycles. The van der Waals surface area contributed by atoms with Gasteiger partial charge in [0.15, 0.2) is 0 Å². The van der Waals surface area contributed by atoms with Crippen molar-refractivity contribution >= 4 is 10.9 Å². The smallest absolute Gasteiger partial charge is 0.119 e. The lowest BCUT2D eigenvalue weighted by Crippen LogP contribution is -2.21. The molecule has 2 aromatic rings. The molecule has 1 heterocycles. The highest BCUT2D eigenvalue weighted by atomic mass is 16.5. The SMILES string of the molecule is COc1ccc2[nH]cc(C(CN)C3CCCCCC3)c2c1. The molecule has 1 aromatic carbocycles. The highest BCUT2D eigenvalue weighted by molar-refractivity contribution is 5.85. The Hall–Kier alpha value is -1.48. The van der Waals surface area contributed by atoms with Crippen LogP contribution in [0.25, 0.3) is 10.9 Å². The van der Waals surface area contributed by atoms with Crippen LogP contribution in [0.3, 0.4) is 0 Å². The minimum absolute atomic E-state index is 0.462. The summed E-state index contributed by atoms with van der Waals surface area (Å²) in [7, 11) is 1.72. The van der Waals surface area contributed by atoms with Crippen LogP contribution in [0.4, 0.5) is 0 Å². The standard InChI is InChI=1S/C18H26N2O/c1-21-14-8-9-18-15(10-14)17(12-20-18)16(11-19)13-6-4-2-3-5-7-13/h8-10,12-13,16,20H,2-7,11,19H2,1H3. The van der Waals surface area contributed by atoms with Gasteiger partial charge in [-0.3, -0.25) is 0 Å². The molecule has 0 amide bonds. The number of hydrogen-bond acceptors (Lipinski definition) is 2. The van der Waals surface area contributed by atoms with Crippen molar-refractivity contribution in [2.45, 2.75) is 44.4 Å².